The van der Waals surface area contributed by atoms with Crippen molar-refractivity contribution in [2.75, 3.05) is 13.1 Å². The van der Waals surface area contributed by atoms with Gasteiger partial charge in [0.15, 0.2) is 5.58 Å². The number of hydrogen-bond donors (Lipinski definition) is 2. The van der Waals surface area contributed by atoms with E-state index in [0.717, 1.165) is 25.9 Å². The lowest BCUT2D eigenvalue weighted by atomic mass is 10.0. The van der Waals surface area contributed by atoms with E-state index in [-0.39, 0.29) is 17.1 Å². The highest BCUT2D eigenvalue weighted by molar-refractivity contribution is 9.09. The quantitative estimate of drug-likeness (QED) is 0.351. The molecule has 0 radical (unpaired) electrons. The Hall–Kier alpha value is -2.51. The number of hydrogen-bond acceptors (Lipinski definition) is 6. The first-order valence-corrected chi connectivity index (χ1v) is 10.1. The molecule has 0 aliphatic carbocycles. The zero-order chi connectivity index (χ0) is 19.4. The number of phenolic OH excluding ortho intramolecular Hbond substituents is 2. The van der Waals surface area contributed by atoms with Gasteiger partial charge in [-0.2, -0.15) is 0 Å². The maximum absolute atomic E-state index is 12.8. The van der Waals surface area contributed by atoms with E-state index in [1.807, 2.05) is 0 Å². The molecule has 0 atom stereocenters. The number of benzene rings is 2. The lowest BCUT2D eigenvalue weighted by Crippen LogP contribution is -2.33. The molecule has 6 nitrogen and oxygen atoms in total. The van der Waals surface area contributed by atoms with E-state index in [2.05, 4.69) is 20.8 Å². The minimum atomic E-state index is -0.544. The highest BCUT2D eigenvalue weighted by Crippen LogP contribution is 2.38. The maximum atomic E-state index is 12.8. The van der Waals surface area contributed by atoms with E-state index in [1.54, 1.807) is 18.2 Å². The second-order valence-electron chi connectivity index (χ2n) is 7.26. The number of nitrogens with zero attached hydrogens (tertiary/aromatic N) is 1. The van der Waals surface area contributed by atoms with Crippen molar-refractivity contribution in [2.24, 2.45) is 0 Å². The highest BCUT2D eigenvalue weighted by Gasteiger charge is 2.24. The van der Waals surface area contributed by atoms with Crippen LogP contribution in [0.15, 0.2) is 44.0 Å². The summed E-state index contributed by atoms with van der Waals surface area (Å²) in [5.41, 5.74) is 1.34. The molecule has 1 saturated heterocycles. The monoisotopic (exact) mass is 443 g/mol. The molecule has 4 aromatic rings. The molecule has 0 saturated carbocycles. The van der Waals surface area contributed by atoms with Crippen LogP contribution in [0.3, 0.4) is 0 Å². The number of alkyl halides is 1. The van der Waals surface area contributed by atoms with E-state index in [1.165, 1.54) is 12.1 Å². The number of piperidine rings is 1. The van der Waals surface area contributed by atoms with Gasteiger partial charge in [0.25, 0.3) is 0 Å². The van der Waals surface area contributed by atoms with Crippen molar-refractivity contribution >= 4 is 48.8 Å². The molecule has 0 bridgehead atoms. The fraction of sp³-hybridized carbons (Fsp3) is 0.286. The van der Waals surface area contributed by atoms with E-state index >= 15 is 0 Å². The van der Waals surface area contributed by atoms with Crippen LogP contribution < -0.4 is 5.63 Å². The van der Waals surface area contributed by atoms with Gasteiger partial charge in [-0.05, 0) is 50.2 Å². The Balaban J connectivity index is 1.75. The predicted octanol–water partition coefficient (Wildman–Crippen LogP) is 4.46. The molecule has 2 aromatic heterocycles. The normalized spacial score (nSPS) is 16.5. The van der Waals surface area contributed by atoms with Gasteiger partial charge in [-0.3, -0.25) is 4.90 Å². The van der Waals surface area contributed by atoms with Crippen molar-refractivity contribution in [3.63, 3.8) is 0 Å². The first kappa shape index (κ1) is 17.6. The molecule has 0 unspecified atom stereocenters. The molecule has 7 heteroatoms. The Morgan fingerprint density at radius 3 is 2.61 bits per heavy atom. The third-order valence-electron chi connectivity index (χ3n) is 5.45. The van der Waals surface area contributed by atoms with Crippen molar-refractivity contribution in [2.45, 2.75) is 24.2 Å². The number of furan rings is 1. The summed E-state index contributed by atoms with van der Waals surface area (Å²) in [4.78, 5) is 15.6. The van der Waals surface area contributed by atoms with Crippen molar-refractivity contribution in [3.05, 3.63) is 46.3 Å². The minimum absolute atomic E-state index is 0.0136. The molecule has 2 N–H and O–H groups in total. The molecule has 1 aliphatic rings. The Kier molecular flexibility index (Phi) is 4.10. The summed E-state index contributed by atoms with van der Waals surface area (Å²) in [6.07, 6.45) is 2.08. The Labute approximate surface area is 168 Å². The molecule has 144 valence electrons. The Bertz CT molecular complexity index is 1270. The highest BCUT2D eigenvalue weighted by atomic mass is 79.9. The van der Waals surface area contributed by atoms with Gasteiger partial charge in [0, 0.05) is 28.4 Å². The van der Waals surface area contributed by atoms with Crippen LogP contribution in [0.25, 0.3) is 32.9 Å². The zero-order valence-corrected chi connectivity index (χ0v) is 16.5. The molecule has 5 rings (SSSR count). The summed E-state index contributed by atoms with van der Waals surface area (Å²) in [5, 5.41) is 21.8. The van der Waals surface area contributed by atoms with E-state index in [9.17, 15) is 15.0 Å². The SMILES string of the molecule is O=c1oc2cc(O)ccc2c2oc3ccc(O)c(CN4CCC(Br)CC4)c3c12. The van der Waals surface area contributed by atoms with Crippen LogP contribution >= 0.6 is 15.9 Å². The van der Waals surface area contributed by atoms with Crippen molar-refractivity contribution in [1.82, 2.24) is 4.90 Å². The van der Waals surface area contributed by atoms with Gasteiger partial charge in [-0.25, -0.2) is 4.79 Å². The van der Waals surface area contributed by atoms with Gasteiger partial charge in [0.05, 0.1) is 5.39 Å². The van der Waals surface area contributed by atoms with Crippen molar-refractivity contribution in [1.29, 1.82) is 0 Å². The topological polar surface area (TPSA) is 87.0 Å². The summed E-state index contributed by atoms with van der Waals surface area (Å²) in [6.45, 7) is 2.36. The Morgan fingerprint density at radius 2 is 1.82 bits per heavy atom. The number of phenols is 2. The van der Waals surface area contributed by atoms with Gasteiger partial charge in [0.2, 0.25) is 0 Å². The van der Waals surface area contributed by atoms with Crippen LogP contribution in [-0.4, -0.2) is 33.0 Å². The van der Waals surface area contributed by atoms with Crippen LogP contribution in [-0.2, 0) is 6.54 Å². The van der Waals surface area contributed by atoms with Crippen LogP contribution in [0.5, 0.6) is 11.5 Å². The number of likely N-dealkylation sites (tertiary alicyclic amines) is 1. The molecule has 1 aliphatic heterocycles. The maximum Gasteiger partial charge on any atom is 0.348 e. The van der Waals surface area contributed by atoms with Crippen LogP contribution in [0.2, 0.25) is 0 Å². The smallest absolute Gasteiger partial charge is 0.348 e. The third kappa shape index (κ3) is 2.77. The average Bonchev–Trinajstić information content (AvgIpc) is 3.06. The van der Waals surface area contributed by atoms with Gasteiger partial charge >= 0.3 is 5.63 Å². The zero-order valence-electron chi connectivity index (χ0n) is 14.9. The lowest BCUT2D eigenvalue weighted by molar-refractivity contribution is 0.224. The summed E-state index contributed by atoms with van der Waals surface area (Å²) in [5.74, 6) is 0.154. The largest absolute Gasteiger partial charge is 0.508 e. The van der Waals surface area contributed by atoms with Crippen molar-refractivity contribution in [3.8, 4) is 11.5 Å². The van der Waals surface area contributed by atoms with Crippen LogP contribution in [0.1, 0.15) is 18.4 Å². The molecule has 3 heterocycles. The Morgan fingerprint density at radius 1 is 1.04 bits per heavy atom. The molecular weight excluding hydrogens is 426 g/mol. The van der Waals surface area contributed by atoms with E-state index in [0.29, 0.717) is 44.3 Å². The van der Waals surface area contributed by atoms with Gasteiger partial charge in [-0.1, -0.05) is 15.9 Å². The number of fused-ring (bicyclic) bond motifs is 5. The second kappa shape index (κ2) is 6.53. The van der Waals surface area contributed by atoms with Crippen LogP contribution in [0.4, 0.5) is 0 Å². The minimum Gasteiger partial charge on any atom is -0.508 e. The molecule has 2 aromatic carbocycles. The molecular formula is C21H18BrNO5. The number of halogens is 1. The standard InChI is InChI=1S/C21H18BrNO5/c22-11-5-7-23(8-6-11)10-14-15(25)3-4-16-18(14)19-20(27-16)13-2-1-12(24)9-17(13)28-21(19)26/h1-4,9,11,24-25H,5-8,10H2. The van der Waals surface area contributed by atoms with Gasteiger partial charge in [-0.15, -0.1) is 0 Å². The predicted molar refractivity (Wildman–Crippen MR) is 110 cm³/mol. The molecule has 28 heavy (non-hydrogen) atoms. The number of rotatable bonds is 2. The molecule has 1 fully saturated rings. The van der Waals surface area contributed by atoms with E-state index in [4.69, 9.17) is 8.83 Å². The average molecular weight is 444 g/mol. The summed E-state index contributed by atoms with van der Waals surface area (Å²) in [7, 11) is 0. The van der Waals surface area contributed by atoms with Crippen molar-refractivity contribution < 1.29 is 19.0 Å². The molecule has 0 spiro atoms. The summed E-state index contributed by atoms with van der Waals surface area (Å²) >= 11 is 3.66. The van der Waals surface area contributed by atoms with Gasteiger partial charge in [0.1, 0.15) is 28.1 Å². The second-order valence-corrected chi connectivity index (χ2v) is 8.56. The summed E-state index contributed by atoms with van der Waals surface area (Å²) < 4.78 is 11.5. The summed E-state index contributed by atoms with van der Waals surface area (Å²) in [6, 6.07) is 7.86. The molecule has 0 amide bonds. The lowest BCUT2D eigenvalue weighted by Gasteiger charge is -2.29. The number of aromatic hydroxyl groups is 2. The van der Waals surface area contributed by atoms with Gasteiger partial charge < -0.3 is 19.0 Å². The fourth-order valence-electron chi connectivity index (χ4n) is 4.01. The van der Waals surface area contributed by atoms with Crippen LogP contribution in [0, 0.1) is 0 Å². The first-order chi connectivity index (χ1) is 13.5. The van der Waals surface area contributed by atoms with E-state index < -0.39 is 5.63 Å². The first-order valence-electron chi connectivity index (χ1n) is 9.20. The third-order valence-corrected chi connectivity index (χ3v) is 6.37. The fourth-order valence-corrected chi connectivity index (χ4v) is 4.42.